The number of fused-ring (bicyclic) bond motifs is 1. The summed E-state index contributed by atoms with van der Waals surface area (Å²) in [4.78, 5) is 0. The molecule has 0 fully saturated rings. The van der Waals surface area contributed by atoms with Crippen molar-refractivity contribution in [1.82, 2.24) is 9.61 Å². The summed E-state index contributed by atoms with van der Waals surface area (Å²) in [5.74, 6) is 0. The van der Waals surface area contributed by atoms with Gasteiger partial charge in [-0.1, -0.05) is 6.58 Å². The lowest BCUT2D eigenvalue weighted by molar-refractivity contribution is 0.931. The van der Waals surface area contributed by atoms with Gasteiger partial charge in [-0.3, -0.25) is 0 Å². The molecular formula is C11H12N2. The maximum absolute atomic E-state index is 4.26. The zero-order chi connectivity index (χ0) is 9.42. The lowest BCUT2D eigenvalue weighted by atomic mass is 10.2. The van der Waals surface area contributed by atoms with Crippen molar-refractivity contribution < 1.29 is 0 Å². The van der Waals surface area contributed by atoms with Gasteiger partial charge in [-0.15, -0.1) is 0 Å². The first-order valence-corrected chi connectivity index (χ1v) is 4.28. The summed E-state index contributed by atoms with van der Waals surface area (Å²) in [5.41, 5.74) is 4.53. The van der Waals surface area contributed by atoms with Crippen molar-refractivity contribution in [2.75, 3.05) is 0 Å². The smallest absolute Gasteiger partial charge is 0.0655 e. The summed E-state index contributed by atoms with van der Waals surface area (Å²) in [6.07, 6.45) is 3.85. The number of hydrogen-bond donors (Lipinski definition) is 0. The van der Waals surface area contributed by atoms with Crippen LogP contribution in [0.15, 0.2) is 31.1 Å². The molecule has 0 amide bonds. The Hall–Kier alpha value is -1.57. The number of nitrogens with zero attached hydrogens (tertiary/aromatic N) is 2. The molecule has 2 aromatic heterocycles. The van der Waals surface area contributed by atoms with Gasteiger partial charge in [0.15, 0.2) is 0 Å². The van der Waals surface area contributed by atoms with Crippen LogP contribution in [0.4, 0.5) is 0 Å². The Bertz CT molecular complexity index is 466. The fraction of sp³-hybridized carbons (Fsp3) is 0.182. The van der Waals surface area contributed by atoms with Crippen molar-refractivity contribution in [2.45, 2.75) is 13.8 Å². The molecule has 0 atom stereocenters. The zero-order valence-electron chi connectivity index (χ0n) is 7.91. The molecule has 0 saturated carbocycles. The highest BCUT2D eigenvalue weighted by Gasteiger charge is 2.00. The van der Waals surface area contributed by atoms with Crippen LogP contribution in [0, 0.1) is 6.92 Å². The molecule has 0 aromatic carbocycles. The standard InChI is InChI=1S/C11H12N2/c1-8(2)10-5-11-4-9(3)6-12-13(11)7-10/h4-7H,1H2,2-3H3. The monoisotopic (exact) mass is 172 g/mol. The molecule has 2 heteroatoms. The minimum Gasteiger partial charge on any atom is -0.240 e. The van der Waals surface area contributed by atoms with E-state index < -0.39 is 0 Å². The quantitative estimate of drug-likeness (QED) is 0.646. The van der Waals surface area contributed by atoms with Gasteiger partial charge in [0, 0.05) is 6.20 Å². The number of rotatable bonds is 1. The van der Waals surface area contributed by atoms with Gasteiger partial charge < -0.3 is 0 Å². The van der Waals surface area contributed by atoms with Gasteiger partial charge >= 0.3 is 0 Å². The summed E-state index contributed by atoms with van der Waals surface area (Å²) in [6, 6.07) is 4.21. The van der Waals surface area contributed by atoms with E-state index >= 15 is 0 Å². The molecular weight excluding hydrogens is 160 g/mol. The maximum Gasteiger partial charge on any atom is 0.0655 e. The van der Waals surface area contributed by atoms with E-state index in [1.54, 1.807) is 0 Å². The van der Waals surface area contributed by atoms with Crippen molar-refractivity contribution in [3.63, 3.8) is 0 Å². The average Bonchev–Trinajstić information content (AvgIpc) is 2.46. The Kier molecular flexibility index (Phi) is 1.69. The van der Waals surface area contributed by atoms with Crippen molar-refractivity contribution in [3.8, 4) is 0 Å². The number of aryl methyl sites for hydroxylation is 1. The molecule has 2 nitrogen and oxygen atoms in total. The van der Waals surface area contributed by atoms with Gasteiger partial charge in [0.25, 0.3) is 0 Å². The zero-order valence-corrected chi connectivity index (χ0v) is 7.91. The Labute approximate surface area is 77.5 Å². The van der Waals surface area contributed by atoms with E-state index in [1.807, 2.05) is 30.8 Å². The molecule has 0 aliphatic carbocycles. The Morgan fingerprint density at radius 3 is 2.92 bits per heavy atom. The third kappa shape index (κ3) is 1.35. The van der Waals surface area contributed by atoms with Crippen LogP contribution in [0.3, 0.4) is 0 Å². The summed E-state index contributed by atoms with van der Waals surface area (Å²) in [5, 5.41) is 4.26. The third-order valence-electron chi connectivity index (χ3n) is 2.08. The minimum absolute atomic E-state index is 1.07. The van der Waals surface area contributed by atoms with Crippen LogP contribution < -0.4 is 0 Å². The molecule has 66 valence electrons. The molecule has 0 N–H and O–H groups in total. The van der Waals surface area contributed by atoms with Gasteiger partial charge in [-0.2, -0.15) is 5.10 Å². The molecule has 0 saturated heterocycles. The molecule has 0 spiro atoms. The topological polar surface area (TPSA) is 17.3 Å². The number of allylic oxidation sites excluding steroid dienone is 1. The molecule has 0 bridgehead atoms. The first kappa shape index (κ1) is 8.05. The van der Waals surface area contributed by atoms with E-state index in [9.17, 15) is 0 Å². The van der Waals surface area contributed by atoms with Gasteiger partial charge in [-0.05, 0) is 42.7 Å². The Balaban J connectivity index is 2.68. The van der Waals surface area contributed by atoms with E-state index in [4.69, 9.17) is 0 Å². The Morgan fingerprint density at radius 1 is 1.46 bits per heavy atom. The van der Waals surface area contributed by atoms with Gasteiger partial charge in [0.1, 0.15) is 0 Å². The summed E-state index contributed by atoms with van der Waals surface area (Å²) in [6.45, 7) is 7.95. The lowest BCUT2D eigenvalue weighted by Gasteiger charge is -1.92. The van der Waals surface area contributed by atoms with Gasteiger partial charge in [0.2, 0.25) is 0 Å². The molecule has 2 rings (SSSR count). The van der Waals surface area contributed by atoms with Crippen LogP contribution >= 0.6 is 0 Å². The first-order chi connectivity index (χ1) is 6.16. The van der Waals surface area contributed by atoms with Crippen molar-refractivity contribution in [3.05, 3.63) is 42.2 Å². The Morgan fingerprint density at radius 2 is 2.23 bits per heavy atom. The lowest BCUT2D eigenvalue weighted by Crippen LogP contribution is -1.88. The van der Waals surface area contributed by atoms with E-state index in [-0.39, 0.29) is 0 Å². The van der Waals surface area contributed by atoms with Crippen LogP contribution in [-0.2, 0) is 0 Å². The van der Waals surface area contributed by atoms with Gasteiger partial charge in [-0.25, -0.2) is 4.52 Å². The normalized spacial score (nSPS) is 10.6. The van der Waals surface area contributed by atoms with Crippen molar-refractivity contribution in [2.24, 2.45) is 0 Å². The van der Waals surface area contributed by atoms with Crippen LogP contribution in [-0.4, -0.2) is 9.61 Å². The molecule has 0 radical (unpaired) electrons. The van der Waals surface area contributed by atoms with Crippen LogP contribution in [0.5, 0.6) is 0 Å². The fourth-order valence-corrected chi connectivity index (χ4v) is 1.33. The summed E-state index contributed by atoms with van der Waals surface area (Å²) in [7, 11) is 0. The van der Waals surface area contributed by atoms with E-state index in [0.717, 1.165) is 16.7 Å². The van der Waals surface area contributed by atoms with E-state index in [2.05, 4.69) is 23.8 Å². The SMILES string of the molecule is C=C(C)c1cc2cc(C)cnn2c1. The second-order valence-corrected chi connectivity index (χ2v) is 3.41. The fourth-order valence-electron chi connectivity index (χ4n) is 1.33. The van der Waals surface area contributed by atoms with Crippen LogP contribution in [0.2, 0.25) is 0 Å². The number of hydrogen-bond acceptors (Lipinski definition) is 1. The van der Waals surface area contributed by atoms with Crippen LogP contribution in [0.1, 0.15) is 18.1 Å². The van der Waals surface area contributed by atoms with Crippen LogP contribution in [0.25, 0.3) is 11.1 Å². The highest BCUT2D eigenvalue weighted by molar-refractivity contribution is 5.67. The predicted octanol–water partition coefficient (Wildman–Crippen LogP) is 2.68. The predicted molar refractivity (Wildman–Crippen MR) is 54.6 cm³/mol. The summed E-state index contributed by atoms with van der Waals surface area (Å²) < 4.78 is 1.87. The second-order valence-electron chi connectivity index (χ2n) is 3.41. The molecule has 2 heterocycles. The molecule has 2 aromatic rings. The highest BCUT2D eigenvalue weighted by atomic mass is 15.2. The first-order valence-electron chi connectivity index (χ1n) is 4.28. The average molecular weight is 172 g/mol. The minimum atomic E-state index is 1.07. The second kappa shape index (κ2) is 2.73. The van der Waals surface area contributed by atoms with E-state index in [1.165, 1.54) is 5.56 Å². The van der Waals surface area contributed by atoms with Gasteiger partial charge in [0.05, 0.1) is 11.7 Å². The molecule has 0 aliphatic rings. The molecule has 0 unspecified atom stereocenters. The largest absolute Gasteiger partial charge is 0.240 e. The third-order valence-corrected chi connectivity index (χ3v) is 2.08. The maximum atomic E-state index is 4.26. The van der Waals surface area contributed by atoms with E-state index in [0.29, 0.717) is 0 Å². The van der Waals surface area contributed by atoms with Crippen molar-refractivity contribution >= 4 is 11.1 Å². The highest BCUT2D eigenvalue weighted by Crippen LogP contribution is 2.15. The summed E-state index contributed by atoms with van der Waals surface area (Å²) >= 11 is 0. The molecule has 13 heavy (non-hydrogen) atoms. The van der Waals surface area contributed by atoms with Crippen molar-refractivity contribution in [1.29, 1.82) is 0 Å². The molecule has 0 aliphatic heterocycles. The number of aromatic nitrogens is 2.